The van der Waals surface area contributed by atoms with Gasteiger partial charge in [0.2, 0.25) is 0 Å². The molecule has 0 saturated heterocycles. The zero-order chi connectivity index (χ0) is 15.0. The highest BCUT2D eigenvalue weighted by molar-refractivity contribution is 9.10. The van der Waals surface area contributed by atoms with Gasteiger partial charge >= 0.3 is 0 Å². The average molecular weight is 361 g/mol. The van der Waals surface area contributed by atoms with Crippen molar-refractivity contribution in [3.05, 3.63) is 22.4 Å². The van der Waals surface area contributed by atoms with E-state index in [4.69, 9.17) is 0 Å². The van der Waals surface area contributed by atoms with E-state index >= 15 is 0 Å². The Bertz CT molecular complexity index is 431. The van der Waals surface area contributed by atoms with Gasteiger partial charge in [-0.1, -0.05) is 0 Å². The van der Waals surface area contributed by atoms with Crippen LogP contribution in [0.5, 0.6) is 0 Å². The third-order valence-corrected chi connectivity index (χ3v) is 4.24. The lowest BCUT2D eigenvalue weighted by Crippen LogP contribution is -2.39. The van der Waals surface area contributed by atoms with Gasteiger partial charge in [0.15, 0.2) is 5.96 Å². The van der Waals surface area contributed by atoms with Crippen LogP contribution in [0, 0.1) is 0 Å². The number of aryl methyl sites for hydroxylation is 1. The fourth-order valence-electron chi connectivity index (χ4n) is 2.00. The topological polar surface area (TPSA) is 32.6 Å². The van der Waals surface area contributed by atoms with E-state index in [9.17, 15) is 0 Å². The van der Waals surface area contributed by atoms with Crippen LogP contribution in [0.2, 0.25) is 0 Å². The van der Waals surface area contributed by atoms with E-state index in [-0.39, 0.29) is 0 Å². The van der Waals surface area contributed by atoms with Gasteiger partial charge in [0, 0.05) is 44.1 Å². The maximum atomic E-state index is 4.34. The SMILES string of the molecule is CN=C(NCCCCSC)N(C)Cc1cc(Br)cn1C. The molecule has 1 rings (SSSR count). The lowest BCUT2D eigenvalue weighted by Gasteiger charge is -2.22. The minimum absolute atomic E-state index is 0.840. The first kappa shape index (κ1) is 17.4. The smallest absolute Gasteiger partial charge is 0.193 e. The number of hydrogen-bond acceptors (Lipinski definition) is 2. The summed E-state index contributed by atoms with van der Waals surface area (Å²) in [5.74, 6) is 2.18. The summed E-state index contributed by atoms with van der Waals surface area (Å²) in [5.41, 5.74) is 1.25. The van der Waals surface area contributed by atoms with Crippen molar-refractivity contribution in [1.82, 2.24) is 14.8 Å². The van der Waals surface area contributed by atoms with Crippen molar-refractivity contribution in [2.75, 3.05) is 32.6 Å². The summed E-state index contributed by atoms with van der Waals surface area (Å²) in [4.78, 5) is 6.49. The van der Waals surface area contributed by atoms with Crippen molar-refractivity contribution in [2.24, 2.45) is 12.0 Å². The van der Waals surface area contributed by atoms with Crippen molar-refractivity contribution in [2.45, 2.75) is 19.4 Å². The van der Waals surface area contributed by atoms with Crippen LogP contribution in [0.3, 0.4) is 0 Å². The number of halogens is 1. The standard InChI is InChI=1S/C14H25BrN4S/c1-16-14(17-7-5-6-8-20-4)19(3)11-13-9-12(15)10-18(13)2/h9-10H,5-8,11H2,1-4H3,(H,16,17). The van der Waals surface area contributed by atoms with Crippen molar-refractivity contribution < 1.29 is 0 Å². The molecule has 0 aliphatic heterocycles. The molecular formula is C14H25BrN4S. The Morgan fingerprint density at radius 3 is 2.80 bits per heavy atom. The van der Waals surface area contributed by atoms with E-state index in [1.807, 2.05) is 18.8 Å². The second-order valence-electron chi connectivity index (χ2n) is 4.79. The molecule has 0 bridgehead atoms. The second-order valence-corrected chi connectivity index (χ2v) is 6.69. The lowest BCUT2D eigenvalue weighted by molar-refractivity contribution is 0.461. The van der Waals surface area contributed by atoms with Gasteiger partial charge in [-0.3, -0.25) is 4.99 Å². The molecule has 6 heteroatoms. The highest BCUT2D eigenvalue weighted by atomic mass is 79.9. The molecule has 1 aromatic rings. The van der Waals surface area contributed by atoms with Gasteiger partial charge in [-0.05, 0) is 46.8 Å². The number of aliphatic imine (C=N–C) groups is 1. The maximum Gasteiger partial charge on any atom is 0.193 e. The molecular weight excluding hydrogens is 336 g/mol. The van der Waals surface area contributed by atoms with E-state index < -0.39 is 0 Å². The van der Waals surface area contributed by atoms with E-state index in [0.29, 0.717) is 0 Å². The van der Waals surface area contributed by atoms with Crippen LogP contribution in [-0.4, -0.2) is 48.1 Å². The molecule has 1 aromatic heterocycles. The van der Waals surface area contributed by atoms with Crippen LogP contribution in [0.1, 0.15) is 18.5 Å². The van der Waals surface area contributed by atoms with Gasteiger partial charge in [0.25, 0.3) is 0 Å². The highest BCUT2D eigenvalue weighted by Crippen LogP contribution is 2.14. The number of nitrogens with one attached hydrogen (secondary N) is 1. The zero-order valence-electron chi connectivity index (χ0n) is 12.8. The fraction of sp³-hybridized carbons (Fsp3) is 0.643. The van der Waals surface area contributed by atoms with Gasteiger partial charge in [-0.25, -0.2) is 0 Å². The van der Waals surface area contributed by atoms with Gasteiger partial charge in [0.1, 0.15) is 0 Å². The predicted molar refractivity (Wildman–Crippen MR) is 93.6 cm³/mol. The van der Waals surface area contributed by atoms with Crippen LogP contribution in [-0.2, 0) is 13.6 Å². The third kappa shape index (κ3) is 5.79. The first-order valence-corrected chi connectivity index (χ1v) is 8.98. The summed E-state index contributed by atoms with van der Waals surface area (Å²) >= 11 is 5.41. The van der Waals surface area contributed by atoms with E-state index in [0.717, 1.165) is 23.5 Å². The Hall–Kier alpha value is -0.620. The average Bonchev–Trinajstić information content (AvgIpc) is 2.72. The molecule has 114 valence electrons. The molecule has 0 aliphatic rings. The summed E-state index contributed by atoms with van der Waals surface area (Å²) in [6.45, 7) is 1.82. The van der Waals surface area contributed by atoms with E-state index in [1.54, 1.807) is 0 Å². The Labute approximate surface area is 135 Å². The molecule has 0 atom stereocenters. The molecule has 0 radical (unpaired) electrons. The van der Waals surface area contributed by atoms with E-state index in [1.165, 1.54) is 24.3 Å². The molecule has 0 unspecified atom stereocenters. The summed E-state index contributed by atoms with van der Waals surface area (Å²) in [6.07, 6.45) is 6.66. The monoisotopic (exact) mass is 360 g/mol. The van der Waals surface area contributed by atoms with Crippen LogP contribution in [0.25, 0.3) is 0 Å². The number of rotatable bonds is 7. The molecule has 0 aromatic carbocycles. The van der Waals surface area contributed by atoms with Gasteiger partial charge < -0.3 is 14.8 Å². The second kappa shape index (κ2) is 9.34. The van der Waals surface area contributed by atoms with Crippen molar-refractivity contribution in [1.29, 1.82) is 0 Å². The lowest BCUT2D eigenvalue weighted by atomic mass is 10.3. The highest BCUT2D eigenvalue weighted by Gasteiger charge is 2.09. The molecule has 0 amide bonds. The Morgan fingerprint density at radius 2 is 2.25 bits per heavy atom. The molecule has 0 fully saturated rings. The largest absolute Gasteiger partial charge is 0.356 e. The number of nitrogens with zero attached hydrogens (tertiary/aromatic N) is 3. The quantitative estimate of drug-likeness (QED) is 0.461. The number of unbranched alkanes of at least 4 members (excludes halogenated alkanes) is 1. The zero-order valence-corrected chi connectivity index (χ0v) is 15.2. The number of guanidine groups is 1. The molecule has 20 heavy (non-hydrogen) atoms. The summed E-state index contributed by atoms with van der Waals surface area (Å²) in [5, 5.41) is 3.42. The maximum absolute atomic E-state index is 4.34. The number of aromatic nitrogens is 1. The number of thioether (sulfide) groups is 1. The minimum Gasteiger partial charge on any atom is -0.356 e. The Balaban J connectivity index is 2.43. The van der Waals surface area contributed by atoms with Crippen molar-refractivity contribution in [3.63, 3.8) is 0 Å². The molecule has 1 N–H and O–H groups in total. The van der Waals surface area contributed by atoms with Gasteiger partial charge in [-0.15, -0.1) is 0 Å². The first-order valence-electron chi connectivity index (χ1n) is 6.80. The molecule has 1 heterocycles. The van der Waals surface area contributed by atoms with Crippen molar-refractivity contribution in [3.8, 4) is 0 Å². The first-order chi connectivity index (χ1) is 9.58. The third-order valence-electron chi connectivity index (χ3n) is 3.11. The Kier molecular flexibility index (Phi) is 8.14. The molecule has 0 saturated carbocycles. The summed E-state index contributed by atoms with van der Waals surface area (Å²) in [6, 6.07) is 2.14. The van der Waals surface area contributed by atoms with Crippen LogP contribution >= 0.6 is 27.7 Å². The number of hydrogen-bond donors (Lipinski definition) is 1. The fourth-order valence-corrected chi connectivity index (χ4v) is 3.06. The van der Waals surface area contributed by atoms with E-state index in [2.05, 4.69) is 68.3 Å². The summed E-state index contributed by atoms with van der Waals surface area (Å²) < 4.78 is 3.25. The van der Waals surface area contributed by atoms with Crippen LogP contribution in [0.15, 0.2) is 21.7 Å². The molecule has 0 aliphatic carbocycles. The Morgan fingerprint density at radius 1 is 1.50 bits per heavy atom. The predicted octanol–water partition coefficient (Wildman–Crippen LogP) is 2.94. The molecule has 0 spiro atoms. The van der Waals surface area contributed by atoms with Gasteiger partial charge in [-0.2, -0.15) is 11.8 Å². The minimum atomic E-state index is 0.840. The normalized spacial score (nSPS) is 11.8. The molecule has 4 nitrogen and oxygen atoms in total. The van der Waals surface area contributed by atoms with Gasteiger partial charge in [0.05, 0.1) is 6.54 Å². The van der Waals surface area contributed by atoms with Crippen molar-refractivity contribution >= 4 is 33.7 Å². The van der Waals surface area contributed by atoms with Crippen LogP contribution < -0.4 is 5.32 Å². The summed E-state index contributed by atoms with van der Waals surface area (Å²) in [7, 11) is 5.96. The van der Waals surface area contributed by atoms with Crippen LogP contribution in [0.4, 0.5) is 0 Å².